The highest BCUT2D eigenvalue weighted by Gasteiger charge is 2.14. The summed E-state index contributed by atoms with van der Waals surface area (Å²) < 4.78 is 13.2. The minimum atomic E-state index is -0.310. The van der Waals surface area contributed by atoms with Crippen LogP contribution in [0.1, 0.15) is 36.2 Å². The van der Waals surface area contributed by atoms with Crippen LogP contribution in [0.2, 0.25) is 5.02 Å². The van der Waals surface area contributed by atoms with Crippen LogP contribution in [0, 0.1) is 0 Å². The van der Waals surface area contributed by atoms with Crippen molar-refractivity contribution in [3.63, 3.8) is 0 Å². The first kappa shape index (κ1) is 21.5. The molecule has 0 aliphatic rings. The Morgan fingerprint density at radius 1 is 1.23 bits per heavy atom. The minimum absolute atomic E-state index is 0.0116. The number of carbonyl (C=O) groups excluding carboxylic acids is 1. The van der Waals surface area contributed by atoms with E-state index in [1.165, 1.54) is 6.21 Å². The maximum atomic E-state index is 12.5. The Hall–Kier alpha value is -3.25. The molecule has 1 amide bonds. The molecule has 0 radical (unpaired) electrons. The van der Waals surface area contributed by atoms with Gasteiger partial charge in [0.25, 0.3) is 5.91 Å². The van der Waals surface area contributed by atoms with E-state index in [1.54, 1.807) is 31.4 Å². The Kier molecular flexibility index (Phi) is 7.14. The summed E-state index contributed by atoms with van der Waals surface area (Å²) in [6, 6.07) is 14.6. The van der Waals surface area contributed by atoms with E-state index < -0.39 is 0 Å². The number of ether oxygens (including phenoxy) is 2. The van der Waals surface area contributed by atoms with Gasteiger partial charge in [-0.1, -0.05) is 24.6 Å². The first-order valence-corrected chi connectivity index (χ1v) is 10.0. The van der Waals surface area contributed by atoms with Crippen molar-refractivity contribution in [2.24, 2.45) is 5.10 Å². The molecule has 3 rings (SSSR count). The molecule has 0 saturated carbocycles. The van der Waals surface area contributed by atoms with Gasteiger partial charge in [-0.2, -0.15) is 5.10 Å². The smallest absolute Gasteiger partial charge is 0.271 e. The van der Waals surface area contributed by atoms with Crippen molar-refractivity contribution in [2.75, 3.05) is 7.11 Å². The number of rotatable bonds is 8. The molecule has 1 N–H and O–H groups in total. The quantitative estimate of drug-likeness (QED) is 0.404. The number of nitrogens with one attached hydrogen (secondary N) is 1. The van der Waals surface area contributed by atoms with Gasteiger partial charge in [0.1, 0.15) is 0 Å². The number of halogens is 1. The molecule has 1 heterocycles. The molecule has 0 aliphatic carbocycles. The molecule has 1 atom stereocenters. The van der Waals surface area contributed by atoms with E-state index in [0.717, 1.165) is 12.1 Å². The van der Waals surface area contributed by atoms with E-state index in [4.69, 9.17) is 21.1 Å². The monoisotopic (exact) mass is 425 g/mol. The van der Waals surface area contributed by atoms with Gasteiger partial charge in [0.15, 0.2) is 11.5 Å². The average Bonchev–Trinajstić information content (AvgIpc) is 3.30. The zero-order valence-electron chi connectivity index (χ0n) is 17.1. The summed E-state index contributed by atoms with van der Waals surface area (Å²) in [5.74, 6) is 0.696. The average molecular weight is 426 g/mol. The summed E-state index contributed by atoms with van der Waals surface area (Å²) in [4.78, 5) is 12.5. The lowest BCUT2D eigenvalue weighted by Crippen LogP contribution is -2.17. The molecule has 7 heteroatoms. The van der Waals surface area contributed by atoms with Gasteiger partial charge in [-0.15, -0.1) is 0 Å². The molecule has 0 bridgehead atoms. The zero-order valence-corrected chi connectivity index (χ0v) is 17.9. The number of methoxy groups -OCH3 is 1. The van der Waals surface area contributed by atoms with Crippen LogP contribution in [0.15, 0.2) is 66.0 Å². The van der Waals surface area contributed by atoms with Crippen molar-refractivity contribution >= 4 is 23.7 Å². The molecular formula is C23H24ClN3O3. The highest BCUT2D eigenvalue weighted by Crippen LogP contribution is 2.37. The Labute approximate surface area is 181 Å². The zero-order chi connectivity index (χ0) is 21.5. The number of hydrogen-bond acceptors (Lipinski definition) is 4. The molecule has 0 spiro atoms. The Morgan fingerprint density at radius 2 is 2.00 bits per heavy atom. The van der Waals surface area contributed by atoms with Gasteiger partial charge in [0.2, 0.25) is 0 Å². The van der Waals surface area contributed by atoms with Gasteiger partial charge < -0.3 is 14.0 Å². The maximum absolute atomic E-state index is 12.5. The van der Waals surface area contributed by atoms with Crippen molar-refractivity contribution in [1.29, 1.82) is 0 Å². The number of carbonyl (C=O) groups is 1. The fourth-order valence-corrected chi connectivity index (χ4v) is 3.02. The van der Waals surface area contributed by atoms with E-state index in [0.29, 0.717) is 27.6 Å². The predicted molar refractivity (Wildman–Crippen MR) is 119 cm³/mol. The van der Waals surface area contributed by atoms with Crippen molar-refractivity contribution in [1.82, 2.24) is 9.99 Å². The molecule has 156 valence electrons. The third kappa shape index (κ3) is 5.21. The number of hydrogen-bond donors (Lipinski definition) is 1. The first-order chi connectivity index (χ1) is 14.5. The second kappa shape index (κ2) is 9.98. The number of nitrogens with zero attached hydrogens (tertiary/aromatic N) is 2. The van der Waals surface area contributed by atoms with Crippen LogP contribution in [0.4, 0.5) is 0 Å². The van der Waals surface area contributed by atoms with Gasteiger partial charge in [-0.25, -0.2) is 5.43 Å². The van der Waals surface area contributed by atoms with E-state index in [9.17, 15) is 4.79 Å². The minimum Gasteiger partial charge on any atom is -0.493 e. The summed E-state index contributed by atoms with van der Waals surface area (Å²) in [7, 11) is 1.55. The molecule has 0 aliphatic heterocycles. The van der Waals surface area contributed by atoms with Crippen LogP contribution in [-0.2, 0) is 0 Å². The summed E-state index contributed by atoms with van der Waals surface area (Å²) in [6.07, 6.45) is 6.20. The van der Waals surface area contributed by atoms with E-state index in [1.807, 2.05) is 55.1 Å². The van der Waals surface area contributed by atoms with E-state index in [-0.39, 0.29) is 12.0 Å². The van der Waals surface area contributed by atoms with Gasteiger partial charge >= 0.3 is 0 Å². The standard InChI is InChI=1S/C23H24ClN3O3/c1-4-16(2)30-22-20(24)12-17(13-21(22)29-3)15-25-26-23(28)18-8-7-9-19(14-18)27-10-5-6-11-27/h5-16H,4H2,1-3H3,(H,26,28). The molecule has 6 nitrogen and oxygen atoms in total. The molecule has 0 saturated heterocycles. The first-order valence-electron chi connectivity index (χ1n) is 9.62. The van der Waals surface area contributed by atoms with Gasteiger partial charge in [-0.05, 0) is 61.4 Å². The van der Waals surface area contributed by atoms with E-state index >= 15 is 0 Å². The van der Waals surface area contributed by atoms with Crippen LogP contribution < -0.4 is 14.9 Å². The van der Waals surface area contributed by atoms with Crippen LogP contribution in [0.25, 0.3) is 5.69 Å². The summed E-state index contributed by atoms with van der Waals surface area (Å²) in [5, 5.41) is 4.47. The molecular weight excluding hydrogens is 402 g/mol. The van der Waals surface area contributed by atoms with E-state index in [2.05, 4.69) is 10.5 Å². The number of aromatic nitrogens is 1. The van der Waals surface area contributed by atoms with Crippen LogP contribution >= 0.6 is 11.6 Å². The van der Waals surface area contributed by atoms with Gasteiger partial charge in [0, 0.05) is 23.6 Å². The number of amides is 1. The molecule has 30 heavy (non-hydrogen) atoms. The fraction of sp³-hybridized carbons (Fsp3) is 0.217. The summed E-state index contributed by atoms with van der Waals surface area (Å²) in [5.41, 5.74) is 4.61. The normalized spacial score (nSPS) is 12.0. The highest BCUT2D eigenvalue weighted by molar-refractivity contribution is 6.32. The predicted octanol–water partition coefficient (Wildman–Crippen LogP) is 5.08. The molecule has 1 unspecified atom stereocenters. The molecule has 3 aromatic rings. The van der Waals surface area contributed by atoms with Gasteiger partial charge in [0.05, 0.1) is 24.5 Å². The lowest BCUT2D eigenvalue weighted by Gasteiger charge is -2.17. The van der Waals surface area contributed by atoms with Crippen molar-refractivity contribution in [3.8, 4) is 17.2 Å². The summed E-state index contributed by atoms with van der Waals surface area (Å²) in [6.45, 7) is 3.99. The lowest BCUT2D eigenvalue weighted by molar-refractivity contribution is 0.0955. The number of benzene rings is 2. The lowest BCUT2D eigenvalue weighted by atomic mass is 10.2. The third-order valence-corrected chi connectivity index (χ3v) is 4.82. The van der Waals surface area contributed by atoms with Crippen molar-refractivity contribution in [2.45, 2.75) is 26.4 Å². The van der Waals surface area contributed by atoms with Crippen LogP contribution in [0.5, 0.6) is 11.5 Å². The fourth-order valence-electron chi connectivity index (χ4n) is 2.76. The Bertz CT molecular complexity index is 1030. The summed E-state index contributed by atoms with van der Waals surface area (Å²) >= 11 is 6.36. The maximum Gasteiger partial charge on any atom is 0.271 e. The van der Waals surface area contributed by atoms with Crippen molar-refractivity contribution < 1.29 is 14.3 Å². The molecule has 2 aromatic carbocycles. The molecule has 1 aromatic heterocycles. The largest absolute Gasteiger partial charge is 0.493 e. The topological polar surface area (TPSA) is 64.8 Å². The number of hydrazone groups is 1. The highest BCUT2D eigenvalue weighted by atomic mass is 35.5. The Morgan fingerprint density at radius 3 is 2.70 bits per heavy atom. The second-order valence-corrected chi connectivity index (χ2v) is 7.12. The molecule has 0 fully saturated rings. The SMILES string of the molecule is CCC(C)Oc1c(Cl)cc(C=NNC(=O)c2cccc(-n3cccc3)c2)cc1OC. The van der Waals surface area contributed by atoms with Crippen LogP contribution in [0.3, 0.4) is 0 Å². The second-order valence-electron chi connectivity index (χ2n) is 6.71. The van der Waals surface area contributed by atoms with Crippen LogP contribution in [-0.4, -0.2) is 29.9 Å². The Balaban J connectivity index is 1.71. The van der Waals surface area contributed by atoms with Gasteiger partial charge in [-0.3, -0.25) is 4.79 Å². The van der Waals surface area contributed by atoms with Crippen molar-refractivity contribution in [3.05, 3.63) is 77.1 Å². The third-order valence-electron chi connectivity index (χ3n) is 4.54.